The lowest BCUT2D eigenvalue weighted by molar-refractivity contribution is 0.331. The number of hydrogen-bond donors (Lipinski definition) is 1. The van der Waals surface area contributed by atoms with Crippen LogP contribution in [0, 0.1) is 0 Å². The predicted molar refractivity (Wildman–Crippen MR) is 113 cm³/mol. The fourth-order valence-electron chi connectivity index (χ4n) is 3.46. The van der Waals surface area contributed by atoms with E-state index in [4.69, 9.17) is 4.99 Å². The fourth-order valence-corrected chi connectivity index (χ4v) is 3.46. The molecular weight excluding hydrogens is 411 g/mol. The van der Waals surface area contributed by atoms with Crippen LogP contribution in [0.5, 0.6) is 0 Å². The monoisotopic (exact) mass is 442 g/mol. The fraction of sp³-hybridized carbons (Fsp3) is 0.632. The Morgan fingerprint density at radius 2 is 1.58 bits per heavy atom. The zero-order chi connectivity index (χ0) is 15.7. The highest BCUT2D eigenvalue weighted by Gasteiger charge is 2.15. The molecule has 0 saturated carbocycles. The van der Waals surface area contributed by atoms with Crippen LogP contribution in [0.3, 0.4) is 0 Å². The van der Waals surface area contributed by atoms with E-state index >= 15 is 0 Å². The van der Waals surface area contributed by atoms with Gasteiger partial charge < -0.3 is 15.1 Å². The van der Waals surface area contributed by atoms with Crippen molar-refractivity contribution in [3.05, 3.63) is 30.3 Å². The molecule has 2 saturated heterocycles. The van der Waals surface area contributed by atoms with Crippen molar-refractivity contribution in [3.63, 3.8) is 0 Å². The van der Waals surface area contributed by atoms with Crippen molar-refractivity contribution in [2.45, 2.75) is 38.5 Å². The zero-order valence-corrected chi connectivity index (χ0v) is 17.0. The molecule has 5 heteroatoms. The Bertz CT molecular complexity index is 479. The summed E-state index contributed by atoms with van der Waals surface area (Å²) >= 11 is 0. The van der Waals surface area contributed by atoms with Crippen LogP contribution in [0.1, 0.15) is 38.5 Å². The third-order valence-corrected chi connectivity index (χ3v) is 4.78. The zero-order valence-electron chi connectivity index (χ0n) is 14.6. The molecule has 24 heavy (non-hydrogen) atoms. The van der Waals surface area contributed by atoms with Crippen LogP contribution < -0.4 is 5.32 Å². The summed E-state index contributed by atoms with van der Waals surface area (Å²) in [5, 5.41) is 3.54. The van der Waals surface area contributed by atoms with Crippen molar-refractivity contribution in [2.75, 3.05) is 44.6 Å². The third kappa shape index (κ3) is 6.24. The van der Waals surface area contributed by atoms with E-state index in [1.54, 1.807) is 0 Å². The number of hydrogen-bond acceptors (Lipinski definition) is 2. The molecule has 2 aliphatic heterocycles. The minimum atomic E-state index is 0. The molecular formula is C19H31IN4. The third-order valence-electron chi connectivity index (χ3n) is 4.78. The second-order valence-electron chi connectivity index (χ2n) is 6.65. The van der Waals surface area contributed by atoms with E-state index < -0.39 is 0 Å². The van der Waals surface area contributed by atoms with Crippen molar-refractivity contribution in [1.82, 2.24) is 9.80 Å². The number of likely N-dealkylation sites (tertiary alicyclic amines) is 2. The van der Waals surface area contributed by atoms with Gasteiger partial charge in [-0.3, -0.25) is 4.99 Å². The van der Waals surface area contributed by atoms with Gasteiger partial charge >= 0.3 is 0 Å². The van der Waals surface area contributed by atoms with Gasteiger partial charge in [0.1, 0.15) is 0 Å². The standard InChI is InChI=1S/C19H30N4.HI/c1-3-10-18(11-4-1)21-19(23-16-5-2-6-17-23)20-12-9-15-22-13-7-8-14-22;/h1,3-4,10-11H,2,5-9,12-17H2,(H,20,21);1H. The van der Waals surface area contributed by atoms with Crippen molar-refractivity contribution in [1.29, 1.82) is 0 Å². The number of rotatable bonds is 5. The Kier molecular flexibility index (Phi) is 8.88. The van der Waals surface area contributed by atoms with E-state index in [-0.39, 0.29) is 24.0 Å². The van der Waals surface area contributed by atoms with Crippen LogP contribution in [-0.2, 0) is 0 Å². The maximum absolute atomic E-state index is 4.91. The second kappa shape index (κ2) is 10.9. The van der Waals surface area contributed by atoms with Crippen LogP contribution >= 0.6 is 24.0 Å². The quantitative estimate of drug-likeness (QED) is 0.323. The first-order chi connectivity index (χ1) is 11.4. The number of guanidine groups is 1. The smallest absolute Gasteiger partial charge is 0.198 e. The molecule has 0 atom stereocenters. The lowest BCUT2D eigenvalue weighted by Gasteiger charge is -2.30. The van der Waals surface area contributed by atoms with Crippen molar-refractivity contribution < 1.29 is 0 Å². The molecule has 1 aromatic carbocycles. The SMILES string of the molecule is I.c1ccc(NC(=NCCCN2CCCC2)N2CCCCC2)cc1. The van der Waals surface area contributed by atoms with Crippen molar-refractivity contribution in [3.8, 4) is 0 Å². The Morgan fingerprint density at radius 1 is 0.917 bits per heavy atom. The van der Waals surface area contributed by atoms with E-state index in [1.165, 1.54) is 51.7 Å². The molecule has 1 N–H and O–H groups in total. The molecule has 0 bridgehead atoms. The second-order valence-corrected chi connectivity index (χ2v) is 6.65. The molecule has 2 heterocycles. The van der Waals surface area contributed by atoms with E-state index in [2.05, 4.69) is 45.4 Å². The summed E-state index contributed by atoms with van der Waals surface area (Å²) < 4.78 is 0. The number of benzene rings is 1. The van der Waals surface area contributed by atoms with Crippen LogP contribution in [0.25, 0.3) is 0 Å². The predicted octanol–water partition coefficient (Wildman–Crippen LogP) is 4.04. The number of anilines is 1. The molecule has 0 aromatic heterocycles. The van der Waals surface area contributed by atoms with Crippen LogP contribution in [-0.4, -0.2) is 55.0 Å². The minimum Gasteiger partial charge on any atom is -0.343 e. The van der Waals surface area contributed by atoms with Gasteiger partial charge in [-0.25, -0.2) is 0 Å². The molecule has 2 fully saturated rings. The largest absolute Gasteiger partial charge is 0.343 e. The molecule has 134 valence electrons. The number of para-hydroxylation sites is 1. The average Bonchev–Trinajstić information content (AvgIpc) is 3.13. The maximum atomic E-state index is 4.91. The summed E-state index contributed by atoms with van der Waals surface area (Å²) in [5.74, 6) is 1.07. The Labute approximate surface area is 163 Å². The van der Waals surface area contributed by atoms with Crippen molar-refractivity contribution in [2.24, 2.45) is 4.99 Å². The van der Waals surface area contributed by atoms with Gasteiger partial charge in [-0.05, 0) is 70.3 Å². The van der Waals surface area contributed by atoms with Gasteiger partial charge in [0.25, 0.3) is 0 Å². The molecule has 2 aliphatic rings. The van der Waals surface area contributed by atoms with Gasteiger partial charge in [-0.1, -0.05) is 18.2 Å². The average molecular weight is 442 g/mol. The highest BCUT2D eigenvalue weighted by atomic mass is 127. The van der Waals surface area contributed by atoms with Gasteiger partial charge in [0.05, 0.1) is 0 Å². The number of nitrogens with one attached hydrogen (secondary N) is 1. The lowest BCUT2D eigenvalue weighted by Crippen LogP contribution is -2.40. The normalized spacial score (nSPS) is 19.2. The van der Waals surface area contributed by atoms with Crippen LogP contribution in [0.2, 0.25) is 0 Å². The summed E-state index contributed by atoms with van der Waals surface area (Å²) in [6.07, 6.45) is 7.82. The lowest BCUT2D eigenvalue weighted by atomic mass is 10.1. The van der Waals surface area contributed by atoms with Gasteiger partial charge in [0, 0.05) is 25.3 Å². The van der Waals surface area contributed by atoms with Gasteiger partial charge in [0.2, 0.25) is 0 Å². The molecule has 4 nitrogen and oxygen atoms in total. The van der Waals surface area contributed by atoms with Crippen molar-refractivity contribution >= 4 is 35.6 Å². The number of aliphatic imine (C=N–C) groups is 1. The number of halogens is 1. The molecule has 0 aliphatic carbocycles. The Balaban J connectivity index is 0.00000208. The summed E-state index contributed by atoms with van der Waals surface area (Å²) in [4.78, 5) is 9.90. The van der Waals surface area contributed by atoms with Gasteiger partial charge in [-0.2, -0.15) is 0 Å². The summed E-state index contributed by atoms with van der Waals surface area (Å²) in [7, 11) is 0. The highest BCUT2D eigenvalue weighted by Crippen LogP contribution is 2.13. The summed E-state index contributed by atoms with van der Waals surface area (Å²) in [6, 6.07) is 10.4. The first-order valence-electron chi connectivity index (χ1n) is 9.26. The number of piperidine rings is 1. The van der Waals surface area contributed by atoms with E-state index in [0.717, 1.165) is 37.7 Å². The first kappa shape index (κ1) is 19.5. The Hall–Kier alpha value is -0.820. The number of nitrogens with zero attached hydrogens (tertiary/aromatic N) is 3. The summed E-state index contributed by atoms with van der Waals surface area (Å²) in [5.41, 5.74) is 1.14. The van der Waals surface area contributed by atoms with Crippen LogP contribution in [0.15, 0.2) is 35.3 Å². The van der Waals surface area contributed by atoms with Crippen LogP contribution in [0.4, 0.5) is 5.69 Å². The minimum absolute atomic E-state index is 0. The molecule has 0 spiro atoms. The summed E-state index contributed by atoms with van der Waals surface area (Å²) in [6.45, 7) is 6.94. The van der Waals surface area contributed by atoms with E-state index in [1.807, 2.05) is 0 Å². The topological polar surface area (TPSA) is 30.9 Å². The molecule has 1 aromatic rings. The van der Waals surface area contributed by atoms with E-state index in [0.29, 0.717) is 0 Å². The van der Waals surface area contributed by atoms with Gasteiger partial charge in [-0.15, -0.1) is 24.0 Å². The van der Waals surface area contributed by atoms with E-state index in [9.17, 15) is 0 Å². The Morgan fingerprint density at radius 3 is 2.29 bits per heavy atom. The maximum Gasteiger partial charge on any atom is 0.198 e. The molecule has 3 rings (SSSR count). The first-order valence-corrected chi connectivity index (χ1v) is 9.26. The molecule has 0 radical (unpaired) electrons. The molecule has 0 amide bonds. The molecule has 0 unspecified atom stereocenters. The van der Waals surface area contributed by atoms with Gasteiger partial charge in [0.15, 0.2) is 5.96 Å². The highest BCUT2D eigenvalue weighted by molar-refractivity contribution is 14.0.